The van der Waals surface area contributed by atoms with E-state index in [1.165, 1.54) is 4.31 Å². The summed E-state index contributed by atoms with van der Waals surface area (Å²) in [6, 6.07) is 23.3. The number of carbonyl (C=O) groups excluding carboxylic acids is 2. The predicted octanol–water partition coefficient (Wildman–Crippen LogP) is 5.17. The van der Waals surface area contributed by atoms with Crippen molar-refractivity contribution in [3.63, 3.8) is 0 Å². The number of hydrogen-bond acceptors (Lipinski definition) is 5. The fourth-order valence-electron chi connectivity index (χ4n) is 4.51. The van der Waals surface area contributed by atoms with Gasteiger partial charge in [-0.2, -0.15) is 0 Å². The summed E-state index contributed by atoms with van der Waals surface area (Å²) < 4.78 is 32.9. The third kappa shape index (κ3) is 9.89. The molecule has 0 aromatic heterocycles. The van der Waals surface area contributed by atoms with Gasteiger partial charge in [-0.05, 0) is 67.8 Å². The Hall–Kier alpha value is -3.37. The highest BCUT2D eigenvalue weighted by molar-refractivity contribution is 9.10. The van der Waals surface area contributed by atoms with Crippen LogP contribution in [0.25, 0.3) is 0 Å². The van der Waals surface area contributed by atoms with Crippen LogP contribution in [0, 0.1) is 0 Å². The Labute approximate surface area is 251 Å². The summed E-state index contributed by atoms with van der Waals surface area (Å²) in [6.07, 6.45) is 1.86. The van der Waals surface area contributed by atoms with Crippen LogP contribution in [-0.4, -0.2) is 57.1 Å². The molecule has 0 saturated carbocycles. The fraction of sp³-hybridized carbons (Fsp3) is 0.355. The summed E-state index contributed by atoms with van der Waals surface area (Å²) in [4.78, 5) is 28.7. The van der Waals surface area contributed by atoms with E-state index in [-0.39, 0.29) is 37.7 Å². The minimum atomic E-state index is -3.59. The number of rotatable bonds is 15. The van der Waals surface area contributed by atoms with E-state index in [4.69, 9.17) is 4.74 Å². The van der Waals surface area contributed by atoms with Crippen molar-refractivity contribution in [1.82, 2.24) is 10.2 Å². The first-order chi connectivity index (χ1) is 19.6. The maximum absolute atomic E-state index is 13.8. The molecule has 0 aliphatic rings. The standard InChI is InChI=1S/C31H38BrN3O5S/c1-4-33-31(37)29(22-24-10-7-6-8-11-24)34(23-25-13-15-26(32)16-14-25)30(36)12-9-21-35(41(3,38)39)27-17-19-28(20-18-27)40-5-2/h6-8,10-11,13-20,29H,4-5,9,12,21-23H2,1-3H3,(H,33,37)/t29-/m0/s1. The number of nitrogens with zero attached hydrogens (tertiary/aromatic N) is 2. The SMILES string of the molecule is CCNC(=O)[C@H](Cc1ccccc1)N(Cc1ccc(Br)cc1)C(=O)CCCN(c1ccc(OCC)cc1)S(C)(=O)=O. The maximum Gasteiger partial charge on any atom is 0.243 e. The van der Waals surface area contributed by atoms with Gasteiger partial charge in [-0.3, -0.25) is 13.9 Å². The number of likely N-dealkylation sites (N-methyl/N-ethyl adjacent to an activating group) is 1. The molecule has 0 aliphatic heterocycles. The number of carbonyl (C=O) groups is 2. The molecule has 3 aromatic carbocycles. The van der Waals surface area contributed by atoms with Gasteiger partial charge in [0.1, 0.15) is 11.8 Å². The molecule has 3 rings (SSSR count). The zero-order valence-corrected chi connectivity index (χ0v) is 26.2. The molecule has 0 fully saturated rings. The Morgan fingerprint density at radius 3 is 2.17 bits per heavy atom. The maximum atomic E-state index is 13.8. The molecule has 8 nitrogen and oxygen atoms in total. The Morgan fingerprint density at radius 1 is 0.927 bits per heavy atom. The highest BCUT2D eigenvalue weighted by Gasteiger charge is 2.30. The van der Waals surface area contributed by atoms with Crippen LogP contribution in [-0.2, 0) is 32.6 Å². The van der Waals surface area contributed by atoms with Crippen molar-refractivity contribution in [3.05, 3.63) is 94.5 Å². The molecular formula is C31H38BrN3O5S. The molecule has 3 aromatic rings. The second-order valence-electron chi connectivity index (χ2n) is 9.61. The van der Waals surface area contributed by atoms with Crippen LogP contribution in [0.3, 0.4) is 0 Å². The molecule has 1 N–H and O–H groups in total. The zero-order chi connectivity index (χ0) is 29.8. The lowest BCUT2D eigenvalue weighted by Crippen LogP contribution is -2.50. The number of benzene rings is 3. The molecule has 0 aliphatic carbocycles. The minimum Gasteiger partial charge on any atom is -0.494 e. The molecule has 0 heterocycles. The number of halogens is 1. The van der Waals surface area contributed by atoms with Gasteiger partial charge in [0.05, 0.1) is 18.6 Å². The molecule has 10 heteroatoms. The van der Waals surface area contributed by atoms with Crippen LogP contribution in [0.15, 0.2) is 83.3 Å². The summed E-state index contributed by atoms with van der Waals surface area (Å²) in [6.45, 7) is 5.04. The van der Waals surface area contributed by atoms with Crippen LogP contribution in [0.1, 0.15) is 37.8 Å². The molecule has 0 spiro atoms. The first-order valence-corrected chi connectivity index (χ1v) is 16.3. The van der Waals surface area contributed by atoms with Crippen molar-refractivity contribution in [2.24, 2.45) is 0 Å². The predicted molar refractivity (Wildman–Crippen MR) is 166 cm³/mol. The Kier molecular flexibility index (Phi) is 12.2. The van der Waals surface area contributed by atoms with E-state index in [1.807, 2.05) is 68.4 Å². The van der Waals surface area contributed by atoms with Gasteiger partial charge in [-0.1, -0.05) is 58.4 Å². The first kappa shape index (κ1) is 32.1. The van der Waals surface area contributed by atoms with Crippen LogP contribution < -0.4 is 14.4 Å². The second-order valence-corrected chi connectivity index (χ2v) is 12.4. The highest BCUT2D eigenvalue weighted by Crippen LogP contribution is 2.23. The normalized spacial score (nSPS) is 11.9. The van der Waals surface area contributed by atoms with Crippen LogP contribution in [0.4, 0.5) is 5.69 Å². The summed E-state index contributed by atoms with van der Waals surface area (Å²) in [7, 11) is -3.59. The van der Waals surface area contributed by atoms with Gasteiger partial charge in [0.2, 0.25) is 21.8 Å². The summed E-state index contributed by atoms with van der Waals surface area (Å²) in [5.41, 5.74) is 2.33. The van der Waals surface area contributed by atoms with Crippen LogP contribution in [0.5, 0.6) is 5.75 Å². The molecule has 2 amide bonds. The van der Waals surface area contributed by atoms with E-state index >= 15 is 0 Å². The van der Waals surface area contributed by atoms with Crippen molar-refractivity contribution in [2.45, 2.75) is 45.7 Å². The second kappa shape index (κ2) is 15.6. The van der Waals surface area contributed by atoms with E-state index in [0.29, 0.717) is 31.0 Å². The Bertz CT molecular complexity index is 1370. The summed E-state index contributed by atoms with van der Waals surface area (Å²) in [5.74, 6) is 0.201. The Balaban J connectivity index is 1.83. The third-order valence-electron chi connectivity index (χ3n) is 6.48. The van der Waals surface area contributed by atoms with Gasteiger partial charge < -0.3 is 15.0 Å². The quantitative estimate of drug-likeness (QED) is 0.247. The number of ether oxygens (including phenoxy) is 1. The van der Waals surface area contributed by atoms with Crippen molar-refractivity contribution in [1.29, 1.82) is 0 Å². The van der Waals surface area contributed by atoms with Crippen molar-refractivity contribution in [3.8, 4) is 5.75 Å². The molecule has 41 heavy (non-hydrogen) atoms. The number of anilines is 1. The van der Waals surface area contributed by atoms with E-state index in [2.05, 4.69) is 21.2 Å². The fourth-order valence-corrected chi connectivity index (χ4v) is 5.74. The molecule has 0 saturated heterocycles. The summed E-state index contributed by atoms with van der Waals surface area (Å²) >= 11 is 3.45. The number of sulfonamides is 1. The number of hydrogen-bond donors (Lipinski definition) is 1. The van der Waals surface area contributed by atoms with Crippen molar-refractivity contribution in [2.75, 3.05) is 30.3 Å². The van der Waals surface area contributed by atoms with E-state index in [0.717, 1.165) is 21.9 Å². The molecular weight excluding hydrogens is 606 g/mol. The van der Waals surface area contributed by atoms with Crippen LogP contribution >= 0.6 is 15.9 Å². The minimum absolute atomic E-state index is 0.0737. The summed E-state index contributed by atoms with van der Waals surface area (Å²) in [5, 5.41) is 2.89. The van der Waals surface area contributed by atoms with Gasteiger partial charge >= 0.3 is 0 Å². The van der Waals surface area contributed by atoms with Crippen molar-refractivity contribution < 1.29 is 22.7 Å². The van der Waals surface area contributed by atoms with Gasteiger partial charge in [-0.25, -0.2) is 8.42 Å². The van der Waals surface area contributed by atoms with Crippen molar-refractivity contribution >= 4 is 43.5 Å². The van der Waals surface area contributed by atoms with E-state index in [9.17, 15) is 18.0 Å². The van der Waals surface area contributed by atoms with Gasteiger partial charge in [0.25, 0.3) is 0 Å². The van der Waals surface area contributed by atoms with Gasteiger partial charge in [0.15, 0.2) is 0 Å². The largest absolute Gasteiger partial charge is 0.494 e. The average Bonchev–Trinajstić information content (AvgIpc) is 2.94. The number of amides is 2. The van der Waals surface area contributed by atoms with E-state index < -0.39 is 16.1 Å². The topological polar surface area (TPSA) is 96.0 Å². The van der Waals surface area contributed by atoms with E-state index in [1.54, 1.807) is 29.2 Å². The monoisotopic (exact) mass is 643 g/mol. The smallest absolute Gasteiger partial charge is 0.243 e. The lowest BCUT2D eigenvalue weighted by atomic mass is 10.0. The lowest BCUT2D eigenvalue weighted by molar-refractivity contribution is -0.141. The highest BCUT2D eigenvalue weighted by atomic mass is 79.9. The molecule has 220 valence electrons. The molecule has 1 atom stereocenters. The molecule has 0 unspecified atom stereocenters. The zero-order valence-electron chi connectivity index (χ0n) is 23.8. The van der Waals surface area contributed by atoms with Gasteiger partial charge in [-0.15, -0.1) is 0 Å². The molecule has 0 radical (unpaired) electrons. The average molecular weight is 645 g/mol. The number of nitrogens with one attached hydrogen (secondary N) is 1. The first-order valence-electron chi connectivity index (χ1n) is 13.7. The van der Waals surface area contributed by atoms with Gasteiger partial charge in [0, 0.05) is 36.9 Å². The lowest BCUT2D eigenvalue weighted by Gasteiger charge is -2.32. The third-order valence-corrected chi connectivity index (χ3v) is 8.20. The van der Waals surface area contributed by atoms with Crippen LogP contribution in [0.2, 0.25) is 0 Å². The molecule has 0 bridgehead atoms. The Morgan fingerprint density at radius 2 is 1.59 bits per heavy atom.